The van der Waals surface area contributed by atoms with Crippen LogP contribution in [0.1, 0.15) is 84.8 Å². The van der Waals surface area contributed by atoms with Crippen molar-refractivity contribution in [3.8, 4) is 0 Å². The fourth-order valence-corrected chi connectivity index (χ4v) is 7.98. The van der Waals surface area contributed by atoms with Crippen LogP contribution >= 0.6 is 0 Å². The minimum absolute atomic E-state index is 0.0376. The van der Waals surface area contributed by atoms with E-state index in [4.69, 9.17) is 0 Å². The molecular formula is C30H33FN2O3. The van der Waals surface area contributed by atoms with Crippen LogP contribution in [0.4, 0.5) is 4.39 Å². The predicted octanol–water partition coefficient (Wildman–Crippen LogP) is 5.75. The number of hydrogen-bond donors (Lipinski definition) is 2. The summed E-state index contributed by atoms with van der Waals surface area (Å²) in [5.41, 5.74) is 5.47. The van der Waals surface area contributed by atoms with Crippen molar-refractivity contribution in [3.63, 3.8) is 0 Å². The van der Waals surface area contributed by atoms with Gasteiger partial charge in [-0.1, -0.05) is 25.5 Å². The number of nitrogens with one attached hydrogen (secondary N) is 1. The number of aliphatic carboxylic acids is 1. The molecule has 0 radical (unpaired) electrons. The molecule has 6 rings (SSSR count). The zero-order chi connectivity index (χ0) is 25.0. The molecule has 0 bridgehead atoms. The van der Waals surface area contributed by atoms with Crippen LogP contribution in [0, 0.1) is 29.0 Å². The highest BCUT2D eigenvalue weighted by Crippen LogP contribution is 2.63. The van der Waals surface area contributed by atoms with Crippen molar-refractivity contribution >= 4 is 17.4 Å². The number of carboxylic acids is 1. The van der Waals surface area contributed by atoms with E-state index in [1.54, 1.807) is 12.3 Å². The van der Waals surface area contributed by atoms with E-state index in [9.17, 15) is 19.1 Å². The standard InChI is InChI=1S/C30H33FN2O3/c1-30-12-11-22-21-7-6-18(28(34)33-27-4-2-3-24(27)29(35)36)13-17(21)5-8-23(22)26(30)10-9-25(30)19-14-20(31)16-32-15-19/h6-7,9,13-16,22-24,26-27H,2-5,8,10-12H2,1H3,(H,33,34)(H,35,36)/t22-,23-,24+,26+,27-,30-/m1/s1. The van der Waals surface area contributed by atoms with Crippen molar-refractivity contribution in [1.82, 2.24) is 10.3 Å². The number of carbonyl (C=O) groups excluding carboxylic acids is 1. The molecule has 1 aromatic carbocycles. The van der Waals surface area contributed by atoms with Gasteiger partial charge in [0.05, 0.1) is 12.1 Å². The molecule has 2 fully saturated rings. The summed E-state index contributed by atoms with van der Waals surface area (Å²) in [6, 6.07) is 7.43. The summed E-state index contributed by atoms with van der Waals surface area (Å²) in [4.78, 5) is 28.6. The first-order chi connectivity index (χ1) is 17.3. The number of rotatable bonds is 4. The highest BCUT2D eigenvalue weighted by molar-refractivity contribution is 5.95. The Hall–Kier alpha value is -3.02. The highest BCUT2D eigenvalue weighted by Gasteiger charge is 2.52. The van der Waals surface area contributed by atoms with Crippen LogP contribution < -0.4 is 5.32 Å². The molecule has 5 nitrogen and oxygen atoms in total. The average molecular weight is 489 g/mol. The number of fused-ring (bicyclic) bond motifs is 5. The number of aryl methyl sites for hydroxylation is 1. The SMILES string of the molecule is C[C@]12CC[C@@H]3c4ccc(C(=O)N[C@@H]5CCC[C@@H]5C(=O)O)cc4CC[C@H]3[C@@H]1CC=C2c1cncc(F)c1. The summed E-state index contributed by atoms with van der Waals surface area (Å²) in [5, 5.41) is 12.4. The third-order valence-electron chi connectivity index (χ3n) is 9.74. The Kier molecular flexibility index (Phi) is 5.73. The van der Waals surface area contributed by atoms with Gasteiger partial charge in [-0.25, -0.2) is 4.39 Å². The normalized spacial score (nSPS) is 32.7. The van der Waals surface area contributed by atoms with Crippen molar-refractivity contribution in [3.05, 3.63) is 70.8 Å². The van der Waals surface area contributed by atoms with Crippen LogP contribution in [-0.2, 0) is 11.2 Å². The maximum absolute atomic E-state index is 13.9. The largest absolute Gasteiger partial charge is 0.481 e. The fraction of sp³-hybridized carbons (Fsp3) is 0.500. The topological polar surface area (TPSA) is 79.3 Å². The molecule has 2 saturated carbocycles. The number of amides is 1. The summed E-state index contributed by atoms with van der Waals surface area (Å²) in [7, 11) is 0. The molecule has 2 aromatic rings. The number of allylic oxidation sites excluding steroid dienone is 2. The van der Waals surface area contributed by atoms with Crippen LogP contribution in [0.25, 0.3) is 5.57 Å². The number of benzene rings is 1. The molecule has 4 aliphatic carbocycles. The predicted molar refractivity (Wildman–Crippen MR) is 135 cm³/mol. The van der Waals surface area contributed by atoms with E-state index in [0.29, 0.717) is 29.7 Å². The lowest BCUT2D eigenvalue weighted by Crippen LogP contribution is -2.41. The number of halogens is 1. The fourth-order valence-electron chi connectivity index (χ4n) is 7.98. The van der Waals surface area contributed by atoms with Crippen LogP contribution in [-0.4, -0.2) is 28.0 Å². The molecule has 6 atom stereocenters. The Labute approximate surface area is 211 Å². The second-order valence-corrected chi connectivity index (χ2v) is 11.5. The number of nitrogens with zero attached hydrogens (tertiary/aromatic N) is 1. The molecule has 0 spiro atoms. The third kappa shape index (κ3) is 3.77. The molecular weight excluding hydrogens is 455 g/mol. The second-order valence-electron chi connectivity index (χ2n) is 11.5. The van der Waals surface area contributed by atoms with Gasteiger partial charge in [0.15, 0.2) is 0 Å². The van der Waals surface area contributed by atoms with E-state index in [2.05, 4.69) is 29.4 Å². The van der Waals surface area contributed by atoms with Crippen molar-refractivity contribution < 1.29 is 19.1 Å². The summed E-state index contributed by atoms with van der Waals surface area (Å²) in [6.07, 6.45) is 12.8. The van der Waals surface area contributed by atoms with Crippen molar-refractivity contribution in [2.45, 2.75) is 70.3 Å². The first-order valence-corrected chi connectivity index (χ1v) is 13.3. The van der Waals surface area contributed by atoms with Crippen LogP contribution in [0.2, 0.25) is 0 Å². The Balaban J connectivity index is 1.20. The first-order valence-electron chi connectivity index (χ1n) is 13.3. The van der Waals surface area contributed by atoms with Gasteiger partial charge >= 0.3 is 5.97 Å². The maximum atomic E-state index is 13.9. The molecule has 1 amide bonds. The van der Waals surface area contributed by atoms with Crippen molar-refractivity contribution in [2.75, 3.05) is 0 Å². The van der Waals surface area contributed by atoms with Gasteiger partial charge in [-0.3, -0.25) is 14.6 Å². The monoisotopic (exact) mass is 488 g/mol. The number of hydrogen-bond acceptors (Lipinski definition) is 3. The van der Waals surface area contributed by atoms with Gasteiger partial charge < -0.3 is 10.4 Å². The second kappa shape index (κ2) is 8.82. The summed E-state index contributed by atoms with van der Waals surface area (Å²) in [6.45, 7) is 2.36. The molecule has 2 N–H and O–H groups in total. The first kappa shape index (κ1) is 23.4. The smallest absolute Gasteiger partial charge is 0.308 e. The zero-order valence-corrected chi connectivity index (χ0v) is 20.7. The van der Waals surface area contributed by atoms with Crippen LogP contribution in [0.15, 0.2) is 42.7 Å². The number of pyridine rings is 1. The molecule has 0 aliphatic heterocycles. The third-order valence-corrected chi connectivity index (χ3v) is 9.74. The van der Waals surface area contributed by atoms with Gasteiger partial charge in [0.1, 0.15) is 5.82 Å². The maximum Gasteiger partial charge on any atom is 0.308 e. The van der Waals surface area contributed by atoms with Gasteiger partial charge in [-0.05, 0) is 109 Å². The lowest BCUT2D eigenvalue weighted by molar-refractivity contribution is -0.142. The van der Waals surface area contributed by atoms with E-state index in [-0.39, 0.29) is 23.2 Å². The molecule has 6 heteroatoms. The molecule has 0 unspecified atom stereocenters. The van der Waals surface area contributed by atoms with Gasteiger partial charge in [0.2, 0.25) is 0 Å². The molecule has 1 heterocycles. The zero-order valence-electron chi connectivity index (χ0n) is 20.7. The summed E-state index contributed by atoms with van der Waals surface area (Å²) < 4.78 is 13.9. The van der Waals surface area contributed by atoms with E-state index in [0.717, 1.165) is 50.5 Å². The molecule has 0 saturated heterocycles. The van der Waals surface area contributed by atoms with E-state index >= 15 is 0 Å². The Morgan fingerprint density at radius 2 is 2.00 bits per heavy atom. The lowest BCUT2D eigenvalue weighted by Gasteiger charge is -2.50. The highest BCUT2D eigenvalue weighted by atomic mass is 19.1. The van der Waals surface area contributed by atoms with E-state index < -0.39 is 11.9 Å². The minimum atomic E-state index is -0.822. The summed E-state index contributed by atoms with van der Waals surface area (Å²) in [5.74, 6) is -0.182. The molecule has 1 aromatic heterocycles. The van der Waals surface area contributed by atoms with Gasteiger partial charge in [-0.15, -0.1) is 0 Å². The van der Waals surface area contributed by atoms with E-state index in [1.807, 2.05) is 12.1 Å². The quantitative estimate of drug-likeness (QED) is 0.574. The van der Waals surface area contributed by atoms with Gasteiger partial charge in [0.25, 0.3) is 5.91 Å². The number of aromatic nitrogens is 1. The van der Waals surface area contributed by atoms with Crippen LogP contribution in [0.3, 0.4) is 0 Å². The molecule has 188 valence electrons. The van der Waals surface area contributed by atoms with Gasteiger partial charge in [-0.2, -0.15) is 0 Å². The number of carboxylic acid groups (broad SMARTS) is 1. The van der Waals surface area contributed by atoms with Crippen molar-refractivity contribution in [1.29, 1.82) is 0 Å². The van der Waals surface area contributed by atoms with E-state index in [1.165, 1.54) is 22.9 Å². The van der Waals surface area contributed by atoms with Crippen molar-refractivity contribution in [2.24, 2.45) is 23.2 Å². The van der Waals surface area contributed by atoms with Crippen LogP contribution in [0.5, 0.6) is 0 Å². The average Bonchev–Trinajstić information content (AvgIpc) is 3.47. The lowest BCUT2D eigenvalue weighted by atomic mass is 9.54. The Morgan fingerprint density at radius 3 is 2.81 bits per heavy atom. The minimum Gasteiger partial charge on any atom is -0.481 e. The number of carbonyl (C=O) groups is 2. The molecule has 36 heavy (non-hydrogen) atoms. The molecule has 4 aliphatic rings. The van der Waals surface area contributed by atoms with Gasteiger partial charge in [0, 0.05) is 17.8 Å². The Bertz CT molecular complexity index is 1260. The summed E-state index contributed by atoms with van der Waals surface area (Å²) >= 11 is 0. The Morgan fingerprint density at radius 1 is 1.14 bits per heavy atom.